The average Bonchev–Trinajstić information content (AvgIpc) is 2.86. The van der Waals surface area contributed by atoms with Gasteiger partial charge in [-0.25, -0.2) is 4.79 Å². The zero-order valence-electron chi connectivity index (χ0n) is 12.1. The van der Waals surface area contributed by atoms with Gasteiger partial charge >= 0.3 is 5.76 Å². The molecule has 0 bridgehead atoms. The Kier molecular flexibility index (Phi) is 4.08. The Labute approximate surface area is 136 Å². The Balaban J connectivity index is 1.70. The molecule has 0 aliphatic rings. The molecule has 118 valence electrons. The lowest BCUT2D eigenvalue weighted by atomic mass is 10.2. The van der Waals surface area contributed by atoms with E-state index in [1.165, 1.54) is 0 Å². The van der Waals surface area contributed by atoms with Crippen LogP contribution in [0.15, 0.2) is 51.7 Å². The summed E-state index contributed by atoms with van der Waals surface area (Å²) in [5.41, 5.74) is 1.47. The van der Waals surface area contributed by atoms with Crippen LogP contribution in [0.2, 0.25) is 5.02 Å². The lowest BCUT2D eigenvalue weighted by Crippen LogP contribution is -2.30. The van der Waals surface area contributed by atoms with Gasteiger partial charge in [0.2, 0.25) is 0 Å². The third-order valence-corrected chi connectivity index (χ3v) is 3.40. The lowest BCUT2D eigenvalue weighted by Gasteiger charge is -2.14. The number of halogens is 1. The van der Waals surface area contributed by atoms with Gasteiger partial charge in [-0.15, -0.1) is 0 Å². The number of nitrogens with one attached hydrogen (secondary N) is 2. The number of benzene rings is 2. The highest BCUT2D eigenvalue weighted by atomic mass is 35.5. The molecule has 7 heteroatoms. The van der Waals surface area contributed by atoms with Crippen LogP contribution in [0.3, 0.4) is 0 Å². The van der Waals surface area contributed by atoms with Gasteiger partial charge in [0.15, 0.2) is 11.7 Å². The number of fused-ring (bicyclic) bond motifs is 1. The predicted octanol–water partition coefficient (Wildman–Crippen LogP) is 3.18. The summed E-state index contributed by atoms with van der Waals surface area (Å²) in [7, 11) is 0. The van der Waals surface area contributed by atoms with Crippen molar-refractivity contribution in [2.75, 3.05) is 5.32 Å². The fourth-order valence-electron chi connectivity index (χ4n) is 2.07. The standard InChI is InChI=1S/C16H13ClN2O4/c1-9(22-12-4-2-3-10(17)7-12)15(20)18-11-5-6-14-13(8-11)19-16(21)23-14/h2-9H,1H3,(H,18,20)(H,19,21). The quantitative estimate of drug-likeness (QED) is 0.768. The first-order chi connectivity index (χ1) is 11.0. The number of H-pyrrole nitrogens is 1. The molecule has 1 atom stereocenters. The number of aromatic amines is 1. The minimum absolute atomic E-state index is 0.324. The van der Waals surface area contributed by atoms with Gasteiger partial charge in [-0.05, 0) is 43.3 Å². The van der Waals surface area contributed by atoms with Crippen LogP contribution in [-0.4, -0.2) is 17.0 Å². The van der Waals surface area contributed by atoms with Crippen molar-refractivity contribution >= 4 is 34.3 Å². The molecule has 3 aromatic rings. The van der Waals surface area contributed by atoms with E-state index in [4.69, 9.17) is 20.8 Å². The van der Waals surface area contributed by atoms with Crippen LogP contribution in [-0.2, 0) is 4.79 Å². The van der Waals surface area contributed by atoms with Crippen molar-refractivity contribution in [2.24, 2.45) is 0 Å². The monoisotopic (exact) mass is 332 g/mol. The van der Waals surface area contributed by atoms with Gasteiger partial charge < -0.3 is 14.5 Å². The number of anilines is 1. The summed E-state index contributed by atoms with van der Waals surface area (Å²) in [5.74, 6) is -0.355. The van der Waals surface area contributed by atoms with Crippen LogP contribution in [0.1, 0.15) is 6.92 Å². The molecule has 0 spiro atoms. The molecule has 0 saturated carbocycles. The SMILES string of the molecule is CC(Oc1cccc(Cl)c1)C(=O)Nc1ccc2oc(=O)[nH]c2c1. The molecule has 0 fully saturated rings. The average molecular weight is 333 g/mol. The highest BCUT2D eigenvalue weighted by molar-refractivity contribution is 6.30. The van der Waals surface area contributed by atoms with Crippen molar-refractivity contribution in [1.29, 1.82) is 0 Å². The Morgan fingerprint density at radius 1 is 1.30 bits per heavy atom. The maximum absolute atomic E-state index is 12.2. The second kappa shape index (κ2) is 6.18. The number of oxazole rings is 1. The van der Waals surface area contributed by atoms with Gasteiger partial charge in [-0.3, -0.25) is 9.78 Å². The Hall–Kier alpha value is -2.73. The maximum Gasteiger partial charge on any atom is 0.417 e. The molecule has 1 amide bonds. The maximum atomic E-state index is 12.2. The zero-order chi connectivity index (χ0) is 16.4. The second-order valence-electron chi connectivity index (χ2n) is 4.93. The highest BCUT2D eigenvalue weighted by Crippen LogP contribution is 2.20. The summed E-state index contributed by atoms with van der Waals surface area (Å²) in [6.45, 7) is 1.63. The summed E-state index contributed by atoms with van der Waals surface area (Å²) in [6, 6.07) is 11.7. The summed E-state index contributed by atoms with van der Waals surface area (Å²) in [4.78, 5) is 25.8. The van der Waals surface area contributed by atoms with Crippen molar-refractivity contribution in [3.05, 3.63) is 58.0 Å². The molecular formula is C16H13ClN2O4. The van der Waals surface area contributed by atoms with Crippen LogP contribution in [0.5, 0.6) is 5.75 Å². The molecule has 3 rings (SSSR count). The van der Waals surface area contributed by atoms with Gasteiger partial charge in [0.25, 0.3) is 5.91 Å². The summed E-state index contributed by atoms with van der Waals surface area (Å²) in [5, 5.41) is 3.25. The van der Waals surface area contributed by atoms with Crippen LogP contribution < -0.4 is 15.8 Å². The molecule has 6 nitrogen and oxygen atoms in total. The topological polar surface area (TPSA) is 84.3 Å². The van der Waals surface area contributed by atoms with Gasteiger partial charge in [-0.1, -0.05) is 17.7 Å². The fraction of sp³-hybridized carbons (Fsp3) is 0.125. The van der Waals surface area contributed by atoms with E-state index in [9.17, 15) is 9.59 Å². The number of ether oxygens (including phenoxy) is 1. The van der Waals surface area contributed by atoms with Crippen LogP contribution in [0, 0.1) is 0 Å². The molecular weight excluding hydrogens is 320 g/mol. The van der Waals surface area contributed by atoms with Crippen molar-refractivity contribution in [1.82, 2.24) is 4.98 Å². The number of hydrogen-bond acceptors (Lipinski definition) is 4. The molecule has 0 aliphatic carbocycles. The smallest absolute Gasteiger partial charge is 0.417 e. The molecule has 1 aromatic heterocycles. The third-order valence-electron chi connectivity index (χ3n) is 3.16. The Bertz CT molecular complexity index is 916. The molecule has 0 radical (unpaired) electrons. The number of carbonyl (C=O) groups excluding carboxylic acids is 1. The fourth-order valence-corrected chi connectivity index (χ4v) is 2.25. The molecule has 1 unspecified atom stereocenters. The number of amides is 1. The van der Waals surface area contributed by atoms with Crippen molar-refractivity contribution in [2.45, 2.75) is 13.0 Å². The van der Waals surface area contributed by atoms with Crippen molar-refractivity contribution < 1.29 is 13.9 Å². The first-order valence-corrected chi connectivity index (χ1v) is 7.25. The van der Waals surface area contributed by atoms with E-state index in [-0.39, 0.29) is 5.91 Å². The summed E-state index contributed by atoms with van der Waals surface area (Å²) in [6.07, 6.45) is -0.715. The molecule has 2 aromatic carbocycles. The number of aromatic nitrogens is 1. The van der Waals surface area contributed by atoms with E-state index >= 15 is 0 Å². The van der Waals surface area contributed by atoms with E-state index in [0.717, 1.165) is 0 Å². The number of hydrogen-bond donors (Lipinski definition) is 2. The highest BCUT2D eigenvalue weighted by Gasteiger charge is 2.15. The van der Waals surface area contributed by atoms with E-state index < -0.39 is 11.9 Å². The minimum atomic E-state index is -0.715. The molecule has 2 N–H and O–H groups in total. The second-order valence-corrected chi connectivity index (χ2v) is 5.37. The summed E-state index contributed by atoms with van der Waals surface area (Å²) < 4.78 is 10.5. The van der Waals surface area contributed by atoms with E-state index in [2.05, 4.69) is 10.3 Å². The van der Waals surface area contributed by atoms with E-state index in [1.807, 2.05) is 0 Å². The molecule has 23 heavy (non-hydrogen) atoms. The lowest BCUT2D eigenvalue weighted by molar-refractivity contribution is -0.122. The number of rotatable bonds is 4. The summed E-state index contributed by atoms with van der Waals surface area (Å²) >= 11 is 5.88. The minimum Gasteiger partial charge on any atom is -0.481 e. The first-order valence-electron chi connectivity index (χ1n) is 6.87. The van der Waals surface area contributed by atoms with E-state index in [1.54, 1.807) is 49.4 Å². The van der Waals surface area contributed by atoms with Crippen molar-refractivity contribution in [3.8, 4) is 5.75 Å². The molecule has 1 heterocycles. The van der Waals surface area contributed by atoms with Gasteiger partial charge in [0, 0.05) is 10.7 Å². The van der Waals surface area contributed by atoms with Crippen molar-refractivity contribution in [3.63, 3.8) is 0 Å². The number of carbonyl (C=O) groups is 1. The third kappa shape index (κ3) is 3.54. The first kappa shape index (κ1) is 15.2. The van der Waals surface area contributed by atoms with Crippen LogP contribution >= 0.6 is 11.6 Å². The van der Waals surface area contributed by atoms with Gasteiger partial charge in [0.1, 0.15) is 5.75 Å². The van der Waals surface area contributed by atoms with Crippen LogP contribution in [0.4, 0.5) is 5.69 Å². The Morgan fingerprint density at radius 2 is 2.13 bits per heavy atom. The largest absolute Gasteiger partial charge is 0.481 e. The molecule has 0 saturated heterocycles. The predicted molar refractivity (Wildman–Crippen MR) is 87.0 cm³/mol. The van der Waals surface area contributed by atoms with Gasteiger partial charge in [0.05, 0.1) is 5.52 Å². The zero-order valence-corrected chi connectivity index (χ0v) is 12.9. The molecule has 0 aliphatic heterocycles. The van der Waals surface area contributed by atoms with Crippen LogP contribution in [0.25, 0.3) is 11.1 Å². The van der Waals surface area contributed by atoms with Gasteiger partial charge in [-0.2, -0.15) is 0 Å². The Morgan fingerprint density at radius 3 is 2.91 bits per heavy atom. The van der Waals surface area contributed by atoms with E-state index in [0.29, 0.717) is 27.6 Å². The normalized spacial score (nSPS) is 12.1.